The fraction of sp³-hybridized carbons (Fsp3) is 0.500. The van der Waals surface area contributed by atoms with Crippen LogP contribution >= 0.6 is 7.92 Å². The van der Waals surface area contributed by atoms with E-state index in [0.717, 1.165) is 18.2 Å². The lowest BCUT2D eigenvalue weighted by atomic mass is 9.94. The summed E-state index contributed by atoms with van der Waals surface area (Å²) in [5.41, 5.74) is 4.80. The maximum atomic E-state index is 11.9. The van der Waals surface area contributed by atoms with Gasteiger partial charge in [-0.2, -0.15) is 0 Å². The Kier molecular flexibility index (Phi) is 7.28. The van der Waals surface area contributed by atoms with Gasteiger partial charge in [0.25, 0.3) is 0 Å². The molecule has 0 radical (unpaired) electrons. The summed E-state index contributed by atoms with van der Waals surface area (Å²) in [4.78, 5) is 11.9. The highest BCUT2D eigenvalue weighted by Crippen LogP contribution is 2.30. The first-order chi connectivity index (χ1) is 9.85. The van der Waals surface area contributed by atoms with Gasteiger partial charge in [-0.05, 0) is 70.5 Å². The van der Waals surface area contributed by atoms with Crippen LogP contribution in [0.15, 0.2) is 46.6 Å². The number of hydrogen-bond donors (Lipinski definition) is 1. The molecule has 0 saturated heterocycles. The Morgan fingerprint density at radius 2 is 2.10 bits per heavy atom. The molecule has 1 aliphatic rings. The Morgan fingerprint density at radius 3 is 2.62 bits per heavy atom. The number of carbonyl (C=O) groups is 1. The van der Waals surface area contributed by atoms with Crippen LogP contribution in [0.3, 0.4) is 0 Å². The molecule has 0 aliphatic heterocycles. The van der Waals surface area contributed by atoms with Crippen molar-refractivity contribution in [2.75, 3.05) is 26.5 Å². The molecule has 0 aromatic carbocycles. The average Bonchev–Trinajstić information content (AvgIpc) is 2.40. The largest absolute Gasteiger partial charge is 0.310 e. The van der Waals surface area contributed by atoms with Gasteiger partial charge in [0, 0.05) is 6.04 Å². The zero-order valence-corrected chi connectivity index (χ0v) is 15.1. The zero-order chi connectivity index (χ0) is 16.0. The lowest BCUT2D eigenvalue weighted by molar-refractivity contribution is -0.113. The normalized spacial score (nSPS) is 27.9. The molecule has 0 amide bonds. The highest BCUT2D eigenvalue weighted by Gasteiger charge is 2.13. The van der Waals surface area contributed by atoms with E-state index in [1.165, 1.54) is 16.7 Å². The Balaban J connectivity index is 3.24. The molecule has 1 N–H and O–H groups in total. The van der Waals surface area contributed by atoms with Gasteiger partial charge in [0.1, 0.15) is 0 Å². The minimum atomic E-state index is -0.106. The molecule has 2 nitrogen and oxygen atoms in total. The van der Waals surface area contributed by atoms with Crippen molar-refractivity contribution in [2.24, 2.45) is 0 Å². The van der Waals surface area contributed by atoms with E-state index < -0.39 is 0 Å². The summed E-state index contributed by atoms with van der Waals surface area (Å²) in [6, 6.07) is 0.234. The summed E-state index contributed by atoms with van der Waals surface area (Å²) >= 11 is 0. The van der Waals surface area contributed by atoms with Crippen LogP contribution in [0.25, 0.3) is 0 Å². The number of rotatable bonds is 5. The Hall–Kier alpha value is -0.980. The summed E-state index contributed by atoms with van der Waals surface area (Å²) in [5.74, 6) is 0.200. The minimum absolute atomic E-state index is 0.106. The summed E-state index contributed by atoms with van der Waals surface area (Å²) in [5, 5.41) is 3.33. The maximum Gasteiger partial charge on any atom is 0.156 e. The SMILES string of the molecule is CNC1/C=C/C(C)=C\CC(/C=C(\CP(C)C)C(C)=O)=C\1C. The van der Waals surface area contributed by atoms with Gasteiger partial charge in [0.05, 0.1) is 0 Å². The van der Waals surface area contributed by atoms with Gasteiger partial charge in [0.15, 0.2) is 5.78 Å². The van der Waals surface area contributed by atoms with Crippen LogP contribution in [0.1, 0.15) is 27.2 Å². The van der Waals surface area contributed by atoms with Gasteiger partial charge < -0.3 is 5.32 Å². The Morgan fingerprint density at radius 1 is 1.43 bits per heavy atom. The molecule has 0 aromatic heterocycles. The van der Waals surface area contributed by atoms with Crippen molar-refractivity contribution in [3.8, 4) is 0 Å². The summed E-state index contributed by atoms with van der Waals surface area (Å²) in [6.45, 7) is 10.4. The molecule has 0 saturated carbocycles. The molecule has 116 valence electrons. The van der Waals surface area contributed by atoms with Gasteiger partial charge in [0.2, 0.25) is 0 Å². The summed E-state index contributed by atoms with van der Waals surface area (Å²) < 4.78 is 0. The van der Waals surface area contributed by atoms with Crippen molar-refractivity contribution in [3.05, 3.63) is 46.6 Å². The van der Waals surface area contributed by atoms with Gasteiger partial charge in [-0.25, -0.2) is 0 Å². The van der Waals surface area contributed by atoms with E-state index in [1.54, 1.807) is 6.92 Å². The number of hydrogen-bond acceptors (Lipinski definition) is 2. The quantitative estimate of drug-likeness (QED) is 0.613. The summed E-state index contributed by atoms with van der Waals surface area (Å²) in [7, 11) is 1.87. The smallest absolute Gasteiger partial charge is 0.156 e. The van der Waals surface area contributed by atoms with E-state index in [4.69, 9.17) is 0 Å². The molecule has 1 unspecified atom stereocenters. The number of Topliss-reactive ketones (excluding diaryl/α,β-unsaturated/α-hetero) is 1. The van der Waals surface area contributed by atoms with Crippen molar-refractivity contribution in [1.82, 2.24) is 5.32 Å². The van der Waals surface area contributed by atoms with Crippen LogP contribution in [0, 0.1) is 0 Å². The molecule has 3 heteroatoms. The molecule has 0 fully saturated rings. The van der Waals surface area contributed by atoms with Crippen LogP contribution < -0.4 is 5.32 Å². The third-order valence-corrected chi connectivity index (χ3v) is 4.74. The molecule has 0 aromatic rings. The predicted octanol–water partition coefficient (Wildman–Crippen LogP) is 4.05. The monoisotopic (exact) mass is 305 g/mol. The topological polar surface area (TPSA) is 29.1 Å². The standard InChI is InChI=1S/C18H28NOP/c1-13-7-9-16(14(2)18(19-4)10-8-13)11-17(15(3)20)12-21(5)6/h7-8,10-11,18-19H,9,12H2,1-6H3/b10-8+,13-7-,16-14+,17-11+. The number of likely N-dealkylation sites (N-methyl/N-ethyl adjacent to an activating group) is 1. The Labute approximate surface area is 130 Å². The highest BCUT2D eigenvalue weighted by atomic mass is 31.1. The van der Waals surface area contributed by atoms with Crippen molar-refractivity contribution in [2.45, 2.75) is 33.2 Å². The first-order valence-corrected chi connectivity index (χ1v) is 9.85. The average molecular weight is 305 g/mol. The number of allylic oxidation sites excluding steroid dienone is 6. The van der Waals surface area contributed by atoms with Gasteiger partial charge in [-0.1, -0.05) is 29.9 Å². The summed E-state index contributed by atoms with van der Waals surface area (Å²) in [6.07, 6.45) is 10.5. The van der Waals surface area contributed by atoms with Crippen molar-refractivity contribution < 1.29 is 4.79 Å². The fourth-order valence-electron chi connectivity index (χ4n) is 2.39. The second-order valence-electron chi connectivity index (χ2n) is 5.95. The second-order valence-corrected chi connectivity index (χ2v) is 8.43. The second kappa shape index (κ2) is 8.46. The van der Waals surface area contributed by atoms with E-state index in [1.807, 2.05) is 7.05 Å². The van der Waals surface area contributed by atoms with Crippen LogP contribution in [-0.2, 0) is 4.79 Å². The zero-order valence-electron chi connectivity index (χ0n) is 14.2. The molecule has 21 heavy (non-hydrogen) atoms. The first kappa shape index (κ1) is 18.1. The lowest BCUT2D eigenvalue weighted by Gasteiger charge is -2.19. The van der Waals surface area contributed by atoms with E-state index >= 15 is 0 Å². The first-order valence-electron chi connectivity index (χ1n) is 7.43. The fourth-order valence-corrected chi connectivity index (χ4v) is 3.38. The molecular formula is C18H28NOP. The minimum Gasteiger partial charge on any atom is -0.310 e. The third-order valence-electron chi connectivity index (χ3n) is 3.77. The molecule has 1 aliphatic carbocycles. The molecule has 1 rings (SSSR count). The molecule has 0 heterocycles. The molecule has 0 spiro atoms. The maximum absolute atomic E-state index is 11.9. The molecule has 0 bridgehead atoms. The predicted molar refractivity (Wildman–Crippen MR) is 95.5 cm³/mol. The van der Waals surface area contributed by atoms with E-state index in [0.29, 0.717) is 0 Å². The Bertz CT molecular complexity index is 509. The van der Waals surface area contributed by atoms with E-state index in [2.05, 4.69) is 56.8 Å². The van der Waals surface area contributed by atoms with Gasteiger partial charge in [-0.3, -0.25) is 4.79 Å². The van der Waals surface area contributed by atoms with E-state index in [9.17, 15) is 4.79 Å². The lowest BCUT2D eigenvalue weighted by Crippen LogP contribution is -2.25. The van der Waals surface area contributed by atoms with Crippen molar-refractivity contribution in [3.63, 3.8) is 0 Å². The number of ketones is 1. The van der Waals surface area contributed by atoms with Crippen molar-refractivity contribution in [1.29, 1.82) is 0 Å². The highest BCUT2D eigenvalue weighted by molar-refractivity contribution is 7.56. The number of carbonyl (C=O) groups excluding carboxylic acids is 1. The van der Waals surface area contributed by atoms with Gasteiger partial charge in [-0.15, -0.1) is 7.92 Å². The molecular weight excluding hydrogens is 277 g/mol. The van der Waals surface area contributed by atoms with Crippen LogP contribution in [0.4, 0.5) is 0 Å². The van der Waals surface area contributed by atoms with Crippen LogP contribution in [0.2, 0.25) is 0 Å². The third kappa shape index (κ3) is 5.73. The van der Waals surface area contributed by atoms with E-state index in [-0.39, 0.29) is 19.7 Å². The van der Waals surface area contributed by atoms with Crippen LogP contribution in [-0.4, -0.2) is 38.4 Å². The van der Waals surface area contributed by atoms with Crippen molar-refractivity contribution >= 4 is 13.7 Å². The molecule has 1 atom stereocenters. The van der Waals surface area contributed by atoms with Gasteiger partial charge >= 0.3 is 0 Å². The number of nitrogens with one attached hydrogen (secondary N) is 1. The van der Waals surface area contributed by atoms with Crippen LogP contribution in [0.5, 0.6) is 0 Å².